The minimum absolute atomic E-state index is 0.0274. The molecule has 5 nitrogen and oxygen atoms in total. The van der Waals surface area contributed by atoms with E-state index in [9.17, 15) is 22.8 Å². The fourth-order valence-corrected chi connectivity index (χ4v) is 2.84. The highest BCUT2D eigenvalue weighted by Gasteiger charge is 2.40. The van der Waals surface area contributed by atoms with Crippen LogP contribution in [0.15, 0.2) is 45.6 Å². The van der Waals surface area contributed by atoms with Crippen LogP contribution in [0.4, 0.5) is 13.2 Å². The molecule has 2 aromatic carbocycles. The molecule has 0 radical (unpaired) electrons. The zero-order chi connectivity index (χ0) is 22.2. The van der Waals surface area contributed by atoms with E-state index < -0.39 is 35.0 Å². The van der Waals surface area contributed by atoms with Crippen molar-refractivity contribution in [2.75, 3.05) is 0 Å². The van der Waals surface area contributed by atoms with Gasteiger partial charge in [0.2, 0.25) is 11.2 Å². The molecule has 3 aromatic rings. The molecule has 0 atom stereocenters. The molecule has 0 N–H and O–H groups in total. The Morgan fingerprint density at radius 2 is 1.63 bits per heavy atom. The molecular formula is C22H19F3O5. The quantitative estimate of drug-likeness (QED) is 0.395. The van der Waals surface area contributed by atoms with Gasteiger partial charge in [-0.15, -0.1) is 0 Å². The van der Waals surface area contributed by atoms with E-state index in [2.05, 4.69) is 0 Å². The van der Waals surface area contributed by atoms with Crippen molar-refractivity contribution < 1.29 is 31.9 Å². The first kappa shape index (κ1) is 21.4. The topological polar surface area (TPSA) is 65.7 Å². The lowest BCUT2D eigenvalue weighted by atomic mass is 10.1. The molecular weight excluding hydrogens is 401 g/mol. The van der Waals surface area contributed by atoms with Gasteiger partial charge in [0, 0.05) is 6.07 Å². The zero-order valence-electron chi connectivity index (χ0n) is 16.7. The number of aryl methyl sites for hydroxylation is 2. The smallest absolute Gasteiger partial charge is 0.449 e. The van der Waals surface area contributed by atoms with Crippen LogP contribution in [0.25, 0.3) is 11.0 Å². The highest BCUT2D eigenvalue weighted by atomic mass is 19.4. The van der Waals surface area contributed by atoms with Crippen molar-refractivity contribution >= 4 is 16.9 Å². The highest BCUT2D eigenvalue weighted by molar-refractivity contribution is 5.81. The first-order valence-corrected chi connectivity index (χ1v) is 9.11. The second-order valence-electron chi connectivity index (χ2n) is 7.25. The average Bonchev–Trinajstić information content (AvgIpc) is 2.62. The Morgan fingerprint density at radius 1 is 1.00 bits per heavy atom. The van der Waals surface area contributed by atoms with Crippen LogP contribution in [0.5, 0.6) is 17.2 Å². The number of hydrogen-bond acceptors (Lipinski definition) is 5. The normalized spacial score (nSPS) is 11.7. The lowest BCUT2D eigenvalue weighted by Gasteiger charge is -2.14. The summed E-state index contributed by atoms with van der Waals surface area (Å²) in [5.41, 5.74) is 0.180. The molecule has 8 heteroatoms. The third kappa shape index (κ3) is 4.48. The van der Waals surface area contributed by atoms with Crippen LogP contribution < -0.4 is 14.9 Å². The van der Waals surface area contributed by atoms with Crippen molar-refractivity contribution in [3.05, 3.63) is 63.5 Å². The van der Waals surface area contributed by atoms with Gasteiger partial charge in [-0.2, -0.15) is 13.2 Å². The van der Waals surface area contributed by atoms with Gasteiger partial charge in [-0.05, 0) is 49.2 Å². The van der Waals surface area contributed by atoms with Gasteiger partial charge in [0.25, 0.3) is 5.76 Å². The number of fused-ring (bicyclic) bond motifs is 1. The summed E-state index contributed by atoms with van der Waals surface area (Å²) in [6.07, 6.45) is -4.98. The fourth-order valence-electron chi connectivity index (χ4n) is 2.84. The van der Waals surface area contributed by atoms with Crippen LogP contribution in [-0.4, -0.2) is 5.97 Å². The summed E-state index contributed by atoms with van der Waals surface area (Å²) < 4.78 is 56.4. The number of ether oxygens (including phenoxy) is 2. The van der Waals surface area contributed by atoms with Gasteiger partial charge < -0.3 is 13.9 Å². The van der Waals surface area contributed by atoms with Crippen molar-refractivity contribution in [1.82, 2.24) is 0 Å². The molecule has 0 bridgehead atoms. The first-order chi connectivity index (χ1) is 14.0. The molecule has 0 saturated heterocycles. The van der Waals surface area contributed by atoms with E-state index in [1.165, 1.54) is 24.3 Å². The van der Waals surface area contributed by atoms with E-state index in [0.29, 0.717) is 0 Å². The molecule has 0 aliphatic rings. The van der Waals surface area contributed by atoms with Crippen LogP contribution in [0.3, 0.4) is 0 Å². The fraction of sp³-hybridized carbons (Fsp3) is 0.273. The minimum Gasteiger partial charge on any atom is -0.449 e. The summed E-state index contributed by atoms with van der Waals surface area (Å²) in [5, 5.41) is -0.133. The Bertz CT molecular complexity index is 1160. The number of carbonyl (C=O) groups is 1. The van der Waals surface area contributed by atoms with Crippen molar-refractivity contribution in [2.45, 2.75) is 33.9 Å². The van der Waals surface area contributed by atoms with E-state index in [-0.39, 0.29) is 22.5 Å². The summed E-state index contributed by atoms with van der Waals surface area (Å²) in [5.74, 6) is -3.46. The Labute approximate surface area is 170 Å². The Hall–Kier alpha value is -3.29. The Kier molecular flexibility index (Phi) is 5.61. The van der Waals surface area contributed by atoms with Crippen LogP contribution in [0.1, 0.15) is 30.7 Å². The number of alkyl halides is 3. The van der Waals surface area contributed by atoms with Gasteiger partial charge in [-0.3, -0.25) is 9.59 Å². The van der Waals surface area contributed by atoms with E-state index in [1.807, 2.05) is 6.07 Å². The van der Waals surface area contributed by atoms with Gasteiger partial charge >= 0.3 is 12.1 Å². The maximum atomic E-state index is 13.6. The lowest BCUT2D eigenvalue weighted by Crippen LogP contribution is -2.16. The lowest BCUT2D eigenvalue weighted by molar-refractivity contribution is -0.154. The summed E-state index contributed by atoms with van der Waals surface area (Å²) in [4.78, 5) is 24.6. The molecule has 0 aliphatic carbocycles. The summed E-state index contributed by atoms with van der Waals surface area (Å²) in [6, 6.07) is 8.48. The molecule has 0 unspecified atom stereocenters. The largest absolute Gasteiger partial charge is 0.453 e. The van der Waals surface area contributed by atoms with Crippen molar-refractivity contribution in [3.63, 3.8) is 0 Å². The maximum Gasteiger partial charge on any atom is 0.453 e. The number of benzene rings is 2. The molecule has 1 heterocycles. The van der Waals surface area contributed by atoms with Crippen LogP contribution >= 0.6 is 0 Å². The van der Waals surface area contributed by atoms with Crippen molar-refractivity contribution in [1.29, 1.82) is 0 Å². The highest BCUT2D eigenvalue weighted by Crippen LogP contribution is 2.39. The third-order valence-corrected chi connectivity index (χ3v) is 4.18. The van der Waals surface area contributed by atoms with E-state index >= 15 is 0 Å². The minimum atomic E-state index is -4.98. The Balaban J connectivity index is 2.15. The SMILES string of the molecule is Cc1cc(C)cc(Oc2c(C(F)(F)F)oc3cc(OC(=O)C(C)C)ccc3c2=O)c1. The first-order valence-electron chi connectivity index (χ1n) is 9.11. The van der Waals surface area contributed by atoms with Crippen LogP contribution in [0.2, 0.25) is 0 Å². The van der Waals surface area contributed by atoms with Crippen LogP contribution in [0, 0.1) is 19.8 Å². The predicted octanol–water partition coefficient (Wildman–Crippen LogP) is 5.78. The summed E-state index contributed by atoms with van der Waals surface area (Å²) >= 11 is 0. The molecule has 1 aromatic heterocycles. The average molecular weight is 420 g/mol. The number of halogens is 3. The molecule has 158 valence electrons. The molecule has 0 fully saturated rings. The standard InChI is InChI=1S/C22H19F3O5/c1-11(2)21(27)29-14-5-6-16-17(10-14)30-20(22(23,24)25)19(18(16)26)28-15-8-12(3)7-13(4)9-15/h5-11H,1-4H3. The zero-order valence-corrected chi connectivity index (χ0v) is 16.7. The van der Waals surface area contributed by atoms with Gasteiger partial charge in [-0.1, -0.05) is 19.9 Å². The Morgan fingerprint density at radius 3 is 2.20 bits per heavy atom. The predicted molar refractivity (Wildman–Crippen MR) is 104 cm³/mol. The maximum absolute atomic E-state index is 13.6. The second kappa shape index (κ2) is 7.85. The molecule has 0 spiro atoms. The number of hydrogen-bond donors (Lipinski definition) is 0. The molecule has 0 amide bonds. The van der Waals surface area contributed by atoms with E-state index in [0.717, 1.165) is 17.2 Å². The second-order valence-corrected chi connectivity index (χ2v) is 7.25. The van der Waals surface area contributed by atoms with Crippen LogP contribution in [-0.2, 0) is 11.0 Å². The molecule has 3 rings (SSSR count). The molecule has 0 saturated carbocycles. The van der Waals surface area contributed by atoms with E-state index in [4.69, 9.17) is 13.9 Å². The third-order valence-electron chi connectivity index (χ3n) is 4.18. The molecule has 30 heavy (non-hydrogen) atoms. The van der Waals surface area contributed by atoms with Crippen molar-refractivity contribution in [2.24, 2.45) is 5.92 Å². The van der Waals surface area contributed by atoms with E-state index in [1.54, 1.807) is 27.7 Å². The van der Waals surface area contributed by atoms with Gasteiger partial charge in [0.05, 0.1) is 11.3 Å². The number of esters is 1. The van der Waals surface area contributed by atoms with Gasteiger partial charge in [0.15, 0.2) is 0 Å². The number of carbonyl (C=O) groups excluding carboxylic acids is 1. The summed E-state index contributed by atoms with van der Waals surface area (Å²) in [7, 11) is 0. The van der Waals surface area contributed by atoms with Gasteiger partial charge in [0.1, 0.15) is 17.1 Å². The van der Waals surface area contributed by atoms with Gasteiger partial charge in [-0.25, -0.2) is 0 Å². The summed E-state index contributed by atoms with van der Waals surface area (Å²) in [6.45, 7) is 6.74. The monoisotopic (exact) mass is 420 g/mol. The number of rotatable bonds is 4. The van der Waals surface area contributed by atoms with Crippen molar-refractivity contribution in [3.8, 4) is 17.2 Å². The molecule has 0 aliphatic heterocycles.